The molecule has 1 aromatic carbocycles. The molecule has 0 saturated carbocycles. The van der Waals surface area contributed by atoms with Gasteiger partial charge in [-0.1, -0.05) is 26.0 Å². The maximum Gasteiger partial charge on any atom is 0.344 e. The molecule has 0 aromatic heterocycles. The molecular weight excluding hydrogens is 348 g/mol. The number of ether oxygens (including phenoxy) is 3. The number of nitriles is 1. The number of esters is 1. The summed E-state index contributed by atoms with van der Waals surface area (Å²) in [5.74, 6) is -0.198. The summed E-state index contributed by atoms with van der Waals surface area (Å²) < 4.78 is 16.3. The van der Waals surface area contributed by atoms with Crippen LogP contribution in [0.3, 0.4) is 0 Å². The fourth-order valence-electron chi connectivity index (χ4n) is 2.65. The van der Waals surface area contributed by atoms with Crippen molar-refractivity contribution in [3.63, 3.8) is 0 Å². The van der Waals surface area contributed by atoms with Crippen LogP contribution >= 0.6 is 0 Å². The number of amides is 1. The number of rotatable bonds is 7. The van der Waals surface area contributed by atoms with Crippen molar-refractivity contribution in [2.45, 2.75) is 52.2 Å². The Kier molecular flexibility index (Phi) is 5.99. The van der Waals surface area contributed by atoms with E-state index in [9.17, 15) is 14.9 Å². The summed E-state index contributed by atoms with van der Waals surface area (Å²) in [6, 6.07) is 7.58. The summed E-state index contributed by atoms with van der Waals surface area (Å²) >= 11 is 0. The monoisotopic (exact) mass is 374 g/mol. The Balaban J connectivity index is 1.84. The Morgan fingerprint density at radius 3 is 2.70 bits per heavy atom. The van der Waals surface area contributed by atoms with Gasteiger partial charge in [0, 0.05) is 12.0 Å². The van der Waals surface area contributed by atoms with Crippen molar-refractivity contribution in [3.8, 4) is 17.6 Å². The first-order valence-electron chi connectivity index (χ1n) is 8.88. The normalized spacial score (nSPS) is 16.5. The molecule has 2 rings (SSSR count). The van der Waals surface area contributed by atoms with Crippen LogP contribution in [0.25, 0.3) is 0 Å². The third kappa shape index (κ3) is 5.13. The summed E-state index contributed by atoms with van der Waals surface area (Å²) in [5, 5.41) is 11.8. The molecule has 0 saturated heterocycles. The Labute approximate surface area is 159 Å². The molecule has 0 radical (unpaired) electrons. The van der Waals surface area contributed by atoms with Gasteiger partial charge in [-0.2, -0.15) is 5.26 Å². The zero-order chi connectivity index (χ0) is 20.2. The third-order valence-electron chi connectivity index (χ3n) is 4.55. The third-order valence-corrected chi connectivity index (χ3v) is 4.55. The lowest BCUT2D eigenvalue weighted by Crippen LogP contribution is -2.50. The number of benzene rings is 1. The van der Waals surface area contributed by atoms with Crippen LogP contribution in [0.5, 0.6) is 11.5 Å². The molecule has 1 heterocycles. The van der Waals surface area contributed by atoms with Gasteiger partial charge >= 0.3 is 5.97 Å². The lowest BCUT2D eigenvalue weighted by atomic mass is 9.90. The van der Waals surface area contributed by atoms with E-state index in [0.29, 0.717) is 11.5 Å². The maximum atomic E-state index is 11.9. The predicted octanol–water partition coefficient (Wildman–Crippen LogP) is 2.38. The number of hydrogen-bond donors (Lipinski definition) is 1. The molecule has 1 aliphatic heterocycles. The number of nitrogens with one attached hydrogen (secondary N) is 1. The van der Waals surface area contributed by atoms with Crippen LogP contribution in [0.1, 0.15) is 40.2 Å². The van der Waals surface area contributed by atoms with Crippen molar-refractivity contribution in [1.29, 1.82) is 5.26 Å². The number of carbonyl (C=O) groups is 2. The molecule has 27 heavy (non-hydrogen) atoms. The van der Waals surface area contributed by atoms with Gasteiger partial charge in [0.25, 0.3) is 5.91 Å². The average Bonchev–Trinajstić information content (AvgIpc) is 2.92. The highest BCUT2D eigenvalue weighted by Gasteiger charge is 2.32. The summed E-state index contributed by atoms with van der Waals surface area (Å²) in [5.41, 5.74) is -0.312. The Morgan fingerprint density at radius 2 is 2.07 bits per heavy atom. The molecule has 0 bridgehead atoms. The van der Waals surface area contributed by atoms with Gasteiger partial charge in [-0.3, -0.25) is 4.79 Å². The van der Waals surface area contributed by atoms with Crippen molar-refractivity contribution < 1.29 is 23.8 Å². The second-order valence-corrected chi connectivity index (χ2v) is 7.75. The first-order chi connectivity index (χ1) is 12.6. The standard InChI is InChI=1S/C20H26N2O5/c1-13(2)20(5,12-21)22-16(23)10-26-17(24)11-25-15-8-6-7-14-9-19(3,4)27-18(14)15/h6-8,13H,9-11H2,1-5H3,(H,22,23)/t20-/m1/s1. The van der Waals surface area contributed by atoms with Gasteiger partial charge in [0.2, 0.25) is 0 Å². The van der Waals surface area contributed by atoms with Crippen LogP contribution in [0.2, 0.25) is 0 Å². The summed E-state index contributed by atoms with van der Waals surface area (Å²) in [6.45, 7) is 8.43. The minimum absolute atomic E-state index is 0.0880. The molecule has 1 N–H and O–H groups in total. The second-order valence-electron chi connectivity index (χ2n) is 7.75. The van der Waals surface area contributed by atoms with Crippen molar-refractivity contribution in [3.05, 3.63) is 23.8 Å². The quantitative estimate of drug-likeness (QED) is 0.736. The van der Waals surface area contributed by atoms with Gasteiger partial charge in [-0.15, -0.1) is 0 Å². The summed E-state index contributed by atoms with van der Waals surface area (Å²) in [4.78, 5) is 23.8. The average molecular weight is 374 g/mol. The molecule has 1 atom stereocenters. The Bertz CT molecular complexity index is 766. The summed E-state index contributed by atoms with van der Waals surface area (Å²) in [7, 11) is 0. The highest BCUT2D eigenvalue weighted by molar-refractivity contribution is 5.81. The molecule has 7 nitrogen and oxygen atoms in total. The van der Waals surface area contributed by atoms with Crippen molar-refractivity contribution in [2.75, 3.05) is 13.2 Å². The topological polar surface area (TPSA) is 97.7 Å². The fraction of sp³-hybridized carbons (Fsp3) is 0.550. The van der Waals surface area contributed by atoms with E-state index in [2.05, 4.69) is 11.4 Å². The predicted molar refractivity (Wildman–Crippen MR) is 98.3 cm³/mol. The van der Waals surface area contributed by atoms with E-state index in [0.717, 1.165) is 12.0 Å². The maximum absolute atomic E-state index is 11.9. The number of nitrogens with zero attached hydrogens (tertiary/aromatic N) is 1. The van der Waals surface area contributed by atoms with Crippen molar-refractivity contribution in [2.24, 2.45) is 5.92 Å². The minimum Gasteiger partial charge on any atom is -0.483 e. The van der Waals surface area contributed by atoms with E-state index in [1.54, 1.807) is 13.0 Å². The van der Waals surface area contributed by atoms with E-state index in [4.69, 9.17) is 14.2 Å². The molecule has 1 aliphatic rings. The van der Waals surface area contributed by atoms with E-state index < -0.39 is 24.0 Å². The molecule has 0 aliphatic carbocycles. The zero-order valence-corrected chi connectivity index (χ0v) is 16.4. The largest absolute Gasteiger partial charge is 0.483 e. The molecule has 7 heteroatoms. The van der Waals surface area contributed by atoms with E-state index in [1.807, 2.05) is 39.8 Å². The first-order valence-corrected chi connectivity index (χ1v) is 8.88. The van der Waals surface area contributed by atoms with E-state index in [-0.39, 0.29) is 18.1 Å². The molecule has 1 aromatic rings. The fourth-order valence-corrected chi connectivity index (χ4v) is 2.65. The van der Waals surface area contributed by atoms with Crippen molar-refractivity contribution in [1.82, 2.24) is 5.32 Å². The number of hydrogen-bond acceptors (Lipinski definition) is 6. The Hall–Kier alpha value is -2.75. The van der Waals surface area contributed by atoms with Crippen LogP contribution < -0.4 is 14.8 Å². The van der Waals surface area contributed by atoms with E-state index >= 15 is 0 Å². The van der Waals surface area contributed by atoms with Gasteiger partial charge < -0.3 is 19.5 Å². The molecule has 1 amide bonds. The minimum atomic E-state index is -1.02. The molecule has 0 unspecified atom stereocenters. The number of para-hydroxylation sites is 1. The van der Waals surface area contributed by atoms with Crippen LogP contribution in [0.15, 0.2) is 18.2 Å². The van der Waals surface area contributed by atoms with Gasteiger partial charge in [0.1, 0.15) is 11.1 Å². The zero-order valence-electron chi connectivity index (χ0n) is 16.4. The lowest BCUT2D eigenvalue weighted by Gasteiger charge is -2.27. The van der Waals surface area contributed by atoms with Gasteiger partial charge in [-0.25, -0.2) is 4.79 Å². The van der Waals surface area contributed by atoms with Gasteiger partial charge in [0.15, 0.2) is 24.7 Å². The van der Waals surface area contributed by atoms with Gasteiger partial charge in [0.05, 0.1) is 6.07 Å². The Morgan fingerprint density at radius 1 is 1.37 bits per heavy atom. The van der Waals surface area contributed by atoms with E-state index in [1.165, 1.54) is 0 Å². The van der Waals surface area contributed by atoms with Crippen LogP contribution in [0, 0.1) is 17.2 Å². The van der Waals surface area contributed by atoms with Crippen LogP contribution in [0.4, 0.5) is 0 Å². The smallest absolute Gasteiger partial charge is 0.344 e. The molecular formula is C20H26N2O5. The molecule has 0 spiro atoms. The van der Waals surface area contributed by atoms with Crippen molar-refractivity contribution >= 4 is 11.9 Å². The number of carbonyl (C=O) groups excluding carboxylic acids is 2. The highest BCUT2D eigenvalue weighted by Crippen LogP contribution is 2.41. The number of fused-ring (bicyclic) bond motifs is 1. The molecule has 146 valence electrons. The second kappa shape index (κ2) is 7.87. The lowest BCUT2D eigenvalue weighted by molar-refractivity contribution is -0.150. The highest BCUT2D eigenvalue weighted by atomic mass is 16.6. The molecule has 0 fully saturated rings. The van der Waals surface area contributed by atoms with Crippen LogP contribution in [-0.2, 0) is 20.7 Å². The summed E-state index contributed by atoms with van der Waals surface area (Å²) in [6.07, 6.45) is 0.762. The first kappa shape index (κ1) is 20.6. The SMILES string of the molecule is CC(C)[C@@](C)(C#N)NC(=O)COC(=O)COc1cccc2c1OC(C)(C)C2. The van der Waals surface area contributed by atoms with Gasteiger partial charge in [-0.05, 0) is 32.8 Å². The van der Waals surface area contributed by atoms with Crippen LogP contribution in [-0.4, -0.2) is 36.2 Å².